The van der Waals surface area contributed by atoms with Crippen molar-refractivity contribution in [3.63, 3.8) is 0 Å². The standard InChI is InChI=1S/C23H26O4/c1-14(24)21-19(4-2-18-3-5-20(25)27-22(18)21)26-7-6-23-11-15-8-16(12-23)10-17(9-15)13-23/h2-5,15-17H,6-13H2,1H3. The SMILES string of the molecule is CC(=O)c1c(OCCC23CC4CC(CC(C4)C2)C3)ccc2ccc(=O)oc12. The number of ether oxygens (including phenoxy) is 1. The number of hydrogen-bond acceptors (Lipinski definition) is 4. The Morgan fingerprint density at radius 1 is 1.07 bits per heavy atom. The molecule has 4 fully saturated rings. The summed E-state index contributed by atoms with van der Waals surface area (Å²) in [5.41, 5.74) is 0.725. The van der Waals surface area contributed by atoms with Gasteiger partial charge in [0.2, 0.25) is 0 Å². The summed E-state index contributed by atoms with van der Waals surface area (Å²) in [5.74, 6) is 3.19. The molecular formula is C23H26O4. The highest BCUT2D eigenvalue weighted by molar-refractivity contribution is 6.07. The van der Waals surface area contributed by atoms with E-state index in [2.05, 4.69) is 0 Å². The summed E-state index contributed by atoms with van der Waals surface area (Å²) in [6, 6.07) is 6.75. The Labute approximate surface area is 158 Å². The van der Waals surface area contributed by atoms with Gasteiger partial charge in [0, 0.05) is 11.5 Å². The van der Waals surface area contributed by atoms with Crippen LogP contribution >= 0.6 is 0 Å². The zero-order valence-electron chi connectivity index (χ0n) is 15.8. The maximum Gasteiger partial charge on any atom is 0.336 e. The lowest BCUT2D eigenvalue weighted by Gasteiger charge is -2.57. The quantitative estimate of drug-likeness (QED) is 0.553. The van der Waals surface area contributed by atoms with Gasteiger partial charge < -0.3 is 9.15 Å². The topological polar surface area (TPSA) is 56.5 Å². The van der Waals surface area contributed by atoms with Crippen molar-refractivity contribution in [2.24, 2.45) is 23.2 Å². The second-order valence-electron chi connectivity index (χ2n) is 9.18. The minimum Gasteiger partial charge on any atom is -0.493 e. The molecule has 0 spiro atoms. The number of ketones is 1. The van der Waals surface area contributed by atoms with Crippen LogP contribution in [0.2, 0.25) is 0 Å². The second kappa shape index (κ2) is 6.22. The molecule has 1 aromatic heterocycles. The van der Waals surface area contributed by atoms with Crippen molar-refractivity contribution in [3.05, 3.63) is 40.2 Å². The van der Waals surface area contributed by atoms with Crippen LogP contribution in [-0.4, -0.2) is 12.4 Å². The fourth-order valence-electron chi connectivity index (χ4n) is 6.54. The van der Waals surface area contributed by atoms with Gasteiger partial charge in [-0.2, -0.15) is 0 Å². The molecule has 2 aromatic rings. The molecule has 1 aromatic carbocycles. The van der Waals surface area contributed by atoms with E-state index in [1.165, 1.54) is 51.5 Å². The molecule has 0 unspecified atom stereocenters. The van der Waals surface area contributed by atoms with Crippen LogP contribution in [0.1, 0.15) is 62.2 Å². The number of carbonyl (C=O) groups is 1. The highest BCUT2D eigenvalue weighted by Gasteiger charge is 2.50. The normalized spacial score (nSPS) is 31.4. The Balaban J connectivity index is 1.37. The maximum absolute atomic E-state index is 12.2. The Bertz CT molecular complexity index is 919. The van der Waals surface area contributed by atoms with E-state index in [0.29, 0.717) is 28.9 Å². The number of hydrogen-bond donors (Lipinski definition) is 0. The van der Waals surface area contributed by atoms with Gasteiger partial charge in [0.15, 0.2) is 11.4 Å². The van der Waals surface area contributed by atoms with Crippen LogP contribution in [-0.2, 0) is 0 Å². The molecule has 1 heterocycles. The summed E-state index contributed by atoms with van der Waals surface area (Å²) >= 11 is 0. The predicted molar refractivity (Wildman–Crippen MR) is 103 cm³/mol. The summed E-state index contributed by atoms with van der Waals surface area (Å²) in [7, 11) is 0. The van der Waals surface area contributed by atoms with Crippen molar-refractivity contribution >= 4 is 16.8 Å². The van der Waals surface area contributed by atoms with Gasteiger partial charge in [-0.15, -0.1) is 0 Å². The minimum absolute atomic E-state index is 0.139. The van der Waals surface area contributed by atoms with Crippen LogP contribution in [0, 0.1) is 23.2 Å². The van der Waals surface area contributed by atoms with Crippen LogP contribution in [0.5, 0.6) is 5.75 Å². The Hall–Kier alpha value is -2.10. The minimum atomic E-state index is -0.448. The summed E-state index contributed by atoms with van der Waals surface area (Å²) in [6.45, 7) is 2.11. The monoisotopic (exact) mass is 366 g/mol. The largest absolute Gasteiger partial charge is 0.493 e. The first-order valence-corrected chi connectivity index (χ1v) is 10.2. The zero-order valence-corrected chi connectivity index (χ0v) is 15.8. The first kappa shape index (κ1) is 17.0. The smallest absolute Gasteiger partial charge is 0.336 e. The van der Waals surface area contributed by atoms with E-state index < -0.39 is 5.63 Å². The van der Waals surface area contributed by atoms with Crippen molar-refractivity contribution in [2.75, 3.05) is 6.61 Å². The molecule has 0 saturated heterocycles. The first-order valence-electron chi connectivity index (χ1n) is 10.2. The molecule has 4 nitrogen and oxygen atoms in total. The highest BCUT2D eigenvalue weighted by Crippen LogP contribution is 2.61. The van der Waals surface area contributed by atoms with Gasteiger partial charge >= 0.3 is 5.63 Å². The van der Waals surface area contributed by atoms with Gasteiger partial charge in [-0.1, -0.05) is 0 Å². The van der Waals surface area contributed by atoms with E-state index in [4.69, 9.17) is 9.15 Å². The van der Waals surface area contributed by atoms with E-state index in [1.54, 1.807) is 6.07 Å². The fraction of sp³-hybridized carbons (Fsp3) is 0.565. The van der Waals surface area contributed by atoms with Crippen molar-refractivity contribution in [2.45, 2.75) is 51.9 Å². The lowest BCUT2D eigenvalue weighted by molar-refractivity contribution is -0.0622. The van der Waals surface area contributed by atoms with E-state index in [0.717, 1.165) is 29.6 Å². The van der Waals surface area contributed by atoms with Crippen molar-refractivity contribution in [1.82, 2.24) is 0 Å². The lowest BCUT2D eigenvalue weighted by atomic mass is 9.49. The molecule has 4 aliphatic rings. The number of carbonyl (C=O) groups excluding carboxylic acids is 1. The number of benzene rings is 1. The molecule has 4 saturated carbocycles. The van der Waals surface area contributed by atoms with Crippen LogP contribution in [0.15, 0.2) is 33.5 Å². The average Bonchev–Trinajstić information content (AvgIpc) is 2.59. The molecule has 4 heteroatoms. The molecule has 0 atom stereocenters. The molecule has 0 amide bonds. The van der Waals surface area contributed by atoms with E-state index in [9.17, 15) is 9.59 Å². The third-order valence-corrected chi connectivity index (χ3v) is 7.16. The van der Waals surface area contributed by atoms with Gasteiger partial charge in [-0.25, -0.2) is 4.79 Å². The molecule has 6 rings (SSSR count). The Morgan fingerprint density at radius 2 is 1.70 bits per heavy atom. The van der Waals surface area contributed by atoms with Gasteiger partial charge in [-0.05, 0) is 93.2 Å². The van der Waals surface area contributed by atoms with Crippen LogP contribution in [0.4, 0.5) is 0 Å². The number of Topliss-reactive ketones (excluding diaryl/α,β-unsaturated/α-hetero) is 1. The lowest BCUT2D eigenvalue weighted by Crippen LogP contribution is -2.46. The van der Waals surface area contributed by atoms with E-state index in [-0.39, 0.29) is 5.78 Å². The molecule has 0 aliphatic heterocycles. The van der Waals surface area contributed by atoms with E-state index >= 15 is 0 Å². The summed E-state index contributed by atoms with van der Waals surface area (Å²) < 4.78 is 11.4. The van der Waals surface area contributed by atoms with Gasteiger partial charge in [-0.3, -0.25) is 4.79 Å². The Morgan fingerprint density at radius 3 is 2.33 bits per heavy atom. The molecule has 4 aliphatic carbocycles. The van der Waals surface area contributed by atoms with Crippen LogP contribution in [0.3, 0.4) is 0 Å². The molecule has 4 bridgehead atoms. The van der Waals surface area contributed by atoms with Gasteiger partial charge in [0.1, 0.15) is 11.3 Å². The van der Waals surface area contributed by atoms with E-state index in [1.807, 2.05) is 12.1 Å². The molecule has 27 heavy (non-hydrogen) atoms. The first-order chi connectivity index (χ1) is 13.0. The van der Waals surface area contributed by atoms with Crippen molar-refractivity contribution < 1.29 is 13.9 Å². The number of rotatable bonds is 5. The predicted octanol–water partition coefficient (Wildman–Crippen LogP) is 4.98. The van der Waals surface area contributed by atoms with Gasteiger partial charge in [0.05, 0.1) is 6.61 Å². The number of fused-ring (bicyclic) bond motifs is 1. The summed E-state index contributed by atoms with van der Waals surface area (Å²) in [6.07, 6.45) is 9.46. The molecule has 0 radical (unpaired) electrons. The average molecular weight is 366 g/mol. The summed E-state index contributed by atoms with van der Waals surface area (Å²) in [5, 5.41) is 0.744. The third kappa shape index (κ3) is 2.99. The zero-order chi connectivity index (χ0) is 18.6. The summed E-state index contributed by atoms with van der Waals surface area (Å²) in [4.78, 5) is 23.9. The maximum atomic E-state index is 12.2. The van der Waals surface area contributed by atoms with Crippen molar-refractivity contribution in [3.8, 4) is 5.75 Å². The van der Waals surface area contributed by atoms with Crippen LogP contribution < -0.4 is 10.4 Å². The highest BCUT2D eigenvalue weighted by atomic mass is 16.5. The fourth-order valence-corrected chi connectivity index (χ4v) is 6.54. The molecule has 0 N–H and O–H groups in total. The third-order valence-electron chi connectivity index (χ3n) is 7.16. The Kier molecular flexibility index (Phi) is 3.92. The van der Waals surface area contributed by atoms with Crippen molar-refractivity contribution in [1.29, 1.82) is 0 Å². The van der Waals surface area contributed by atoms with Gasteiger partial charge in [0.25, 0.3) is 0 Å². The molecular weight excluding hydrogens is 340 g/mol. The van der Waals surface area contributed by atoms with Crippen LogP contribution in [0.25, 0.3) is 11.0 Å². The molecule has 142 valence electrons. The second-order valence-corrected chi connectivity index (χ2v) is 9.18.